The van der Waals surface area contributed by atoms with Crippen LogP contribution in [-0.2, 0) is 4.79 Å². The van der Waals surface area contributed by atoms with Gasteiger partial charge in [-0.3, -0.25) is 14.4 Å². The molecular formula is C12H11ClI3N3O3. The van der Waals surface area contributed by atoms with Crippen LogP contribution >= 0.6 is 79.4 Å². The van der Waals surface area contributed by atoms with E-state index in [0.717, 1.165) is 0 Å². The highest BCUT2D eigenvalue weighted by Gasteiger charge is 2.27. The fourth-order valence-corrected chi connectivity index (χ4v) is 6.38. The highest BCUT2D eigenvalue weighted by Crippen LogP contribution is 2.40. The Bertz CT molecular complexity index is 667. The molecule has 3 amide bonds. The van der Waals surface area contributed by atoms with Crippen molar-refractivity contribution < 1.29 is 14.4 Å². The summed E-state index contributed by atoms with van der Waals surface area (Å²) in [6.07, 6.45) is 0. The van der Waals surface area contributed by atoms with Crippen molar-refractivity contribution in [3.05, 3.63) is 16.3 Å². The summed E-state index contributed by atoms with van der Waals surface area (Å²) in [5, 5.41) is 4.30. The van der Waals surface area contributed by atoms with E-state index in [1.807, 2.05) is 67.8 Å². The van der Waals surface area contributed by atoms with Crippen molar-refractivity contribution in [1.82, 2.24) is 5.32 Å². The summed E-state index contributed by atoms with van der Waals surface area (Å²) in [6.45, 7) is 1.42. The van der Waals surface area contributed by atoms with Crippen LogP contribution in [0.3, 0.4) is 0 Å². The van der Waals surface area contributed by atoms with Crippen molar-refractivity contribution in [3.63, 3.8) is 0 Å². The number of benzene rings is 1. The van der Waals surface area contributed by atoms with Gasteiger partial charge in [-0.05, 0) is 79.4 Å². The Balaban J connectivity index is 3.80. The van der Waals surface area contributed by atoms with E-state index in [9.17, 15) is 14.4 Å². The van der Waals surface area contributed by atoms with Crippen molar-refractivity contribution in [2.75, 3.05) is 24.3 Å². The number of halogens is 4. The van der Waals surface area contributed by atoms with Crippen LogP contribution in [0.4, 0.5) is 16.2 Å². The first kappa shape index (κ1) is 20.2. The van der Waals surface area contributed by atoms with Crippen molar-refractivity contribution in [2.45, 2.75) is 6.92 Å². The third-order valence-electron chi connectivity index (χ3n) is 2.78. The zero-order valence-electron chi connectivity index (χ0n) is 11.7. The Morgan fingerprint density at radius 2 is 1.64 bits per heavy atom. The van der Waals surface area contributed by atoms with Crippen LogP contribution in [-0.4, -0.2) is 31.3 Å². The zero-order chi connectivity index (χ0) is 17.2. The molecule has 1 rings (SSSR count). The molecule has 1 aromatic carbocycles. The summed E-state index contributed by atoms with van der Waals surface area (Å²) >= 11 is 11.4. The molecule has 0 aliphatic carbocycles. The molecule has 0 aliphatic rings. The van der Waals surface area contributed by atoms with Crippen molar-refractivity contribution in [3.8, 4) is 0 Å². The molecular weight excluding hydrogens is 650 g/mol. The number of nitrogens with zero attached hydrogens (tertiary/aromatic N) is 1. The SMILES string of the molecule is CNC(=O)c1c(I)c(NC(=O)Cl)c(I)c(N(C)C(C)=O)c1I. The molecule has 10 heteroatoms. The van der Waals surface area contributed by atoms with Crippen molar-refractivity contribution in [1.29, 1.82) is 0 Å². The molecule has 0 radical (unpaired) electrons. The molecule has 0 aliphatic heterocycles. The van der Waals surface area contributed by atoms with Gasteiger partial charge in [-0.1, -0.05) is 0 Å². The van der Waals surface area contributed by atoms with Crippen molar-refractivity contribution in [2.24, 2.45) is 0 Å². The summed E-state index contributed by atoms with van der Waals surface area (Å²) in [7, 11) is 3.12. The van der Waals surface area contributed by atoms with Gasteiger partial charge in [-0.2, -0.15) is 0 Å². The van der Waals surface area contributed by atoms with E-state index in [4.69, 9.17) is 11.6 Å². The van der Waals surface area contributed by atoms with Gasteiger partial charge in [0.2, 0.25) is 5.91 Å². The minimum atomic E-state index is -0.767. The second kappa shape index (κ2) is 8.28. The van der Waals surface area contributed by atoms with Crippen LogP contribution in [0, 0.1) is 10.7 Å². The van der Waals surface area contributed by atoms with Crippen molar-refractivity contribution >= 4 is 108 Å². The Morgan fingerprint density at radius 3 is 2.05 bits per heavy atom. The molecule has 0 atom stereocenters. The molecule has 0 saturated heterocycles. The van der Waals surface area contributed by atoms with Crippen LogP contribution in [0.2, 0.25) is 0 Å². The summed E-state index contributed by atoms with van der Waals surface area (Å²) < 4.78 is 1.81. The fraction of sp³-hybridized carbons (Fsp3) is 0.250. The van der Waals surface area contributed by atoms with Gasteiger partial charge >= 0.3 is 5.37 Å². The van der Waals surface area contributed by atoms with Crippen LogP contribution in [0.5, 0.6) is 0 Å². The molecule has 6 nitrogen and oxygen atoms in total. The average Bonchev–Trinajstić information content (AvgIpc) is 2.42. The third-order valence-corrected chi connectivity index (χ3v) is 6.05. The predicted molar refractivity (Wildman–Crippen MR) is 112 cm³/mol. The standard InChI is InChI=1S/C12H11ClI3N3O3/c1-4(20)19(3)10-7(15)5(11(21)17-2)6(14)9(8(10)16)18-12(13)22/h1-3H3,(H,17,21)(H,18,22). The molecule has 1 aromatic rings. The van der Waals surface area contributed by atoms with Crippen LogP contribution in [0.15, 0.2) is 0 Å². The van der Waals surface area contributed by atoms with Crippen LogP contribution < -0.4 is 15.5 Å². The lowest BCUT2D eigenvalue weighted by Crippen LogP contribution is -2.28. The fourth-order valence-electron chi connectivity index (χ4n) is 1.64. The lowest BCUT2D eigenvalue weighted by molar-refractivity contribution is -0.116. The lowest BCUT2D eigenvalue weighted by atomic mass is 10.1. The zero-order valence-corrected chi connectivity index (χ0v) is 18.9. The maximum atomic E-state index is 12.2. The topological polar surface area (TPSA) is 78.5 Å². The number of carbonyl (C=O) groups excluding carboxylic acids is 3. The molecule has 120 valence electrons. The maximum absolute atomic E-state index is 12.2. The van der Waals surface area contributed by atoms with E-state index < -0.39 is 5.37 Å². The smallest absolute Gasteiger partial charge is 0.318 e. The molecule has 0 heterocycles. The summed E-state index contributed by atoms with van der Waals surface area (Å²) in [5.74, 6) is -0.503. The Kier molecular flexibility index (Phi) is 7.59. The van der Waals surface area contributed by atoms with Gasteiger partial charge < -0.3 is 15.5 Å². The summed E-state index contributed by atoms with van der Waals surface area (Å²) in [4.78, 5) is 36.6. The van der Waals surface area contributed by atoms with E-state index >= 15 is 0 Å². The Morgan fingerprint density at radius 1 is 1.09 bits per heavy atom. The van der Waals surface area contributed by atoms with Gasteiger partial charge in [0.05, 0.1) is 27.6 Å². The van der Waals surface area contributed by atoms with Gasteiger partial charge in [0.25, 0.3) is 5.91 Å². The molecule has 0 saturated carbocycles. The van der Waals surface area contributed by atoms with Gasteiger partial charge in [-0.15, -0.1) is 0 Å². The third kappa shape index (κ3) is 4.14. The molecule has 0 fully saturated rings. The molecule has 0 bridgehead atoms. The van der Waals surface area contributed by atoms with E-state index in [1.54, 1.807) is 7.05 Å². The van der Waals surface area contributed by atoms with Crippen LogP contribution in [0.25, 0.3) is 0 Å². The molecule has 0 spiro atoms. The van der Waals surface area contributed by atoms with E-state index in [2.05, 4.69) is 10.6 Å². The van der Waals surface area contributed by atoms with E-state index in [0.29, 0.717) is 27.6 Å². The number of nitrogens with one attached hydrogen (secondary N) is 2. The number of carbonyl (C=O) groups is 3. The number of amides is 3. The molecule has 0 unspecified atom stereocenters. The second-order valence-corrected chi connectivity index (χ2v) is 7.68. The molecule has 0 aromatic heterocycles. The molecule has 2 N–H and O–H groups in total. The highest BCUT2D eigenvalue weighted by atomic mass is 127. The van der Waals surface area contributed by atoms with Crippen LogP contribution in [0.1, 0.15) is 17.3 Å². The minimum absolute atomic E-state index is 0.192. The van der Waals surface area contributed by atoms with Gasteiger partial charge in [0.1, 0.15) is 0 Å². The Labute approximate surface area is 173 Å². The first-order chi connectivity index (χ1) is 10.1. The second-order valence-electron chi connectivity index (χ2n) is 4.10. The summed E-state index contributed by atoms with van der Waals surface area (Å²) in [5.41, 5.74) is 1.34. The predicted octanol–water partition coefficient (Wildman–Crippen LogP) is 3.61. The quantitative estimate of drug-likeness (QED) is 0.296. The van der Waals surface area contributed by atoms with E-state index in [-0.39, 0.29) is 11.8 Å². The minimum Gasteiger partial charge on any atom is -0.355 e. The number of hydrogen-bond acceptors (Lipinski definition) is 3. The largest absolute Gasteiger partial charge is 0.355 e. The maximum Gasteiger partial charge on any atom is 0.318 e. The van der Waals surface area contributed by atoms with Gasteiger partial charge in [0, 0.05) is 21.0 Å². The first-order valence-corrected chi connectivity index (χ1v) is 9.38. The average molecular weight is 661 g/mol. The highest BCUT2D eigenvalue weighted by molar-refractivity contribution is 14.1. The van der Waals surface area contributed by atoms with E-state index in [1.165, 1.54) is 18.9 Å². The lowest BCUT2D eigenvalue weighted by Gasteiger charge is -2.24. The number of hydrogen-bond donors (Lipinski definition) is 2. The number of anilines is 2. The monoisotopic (exact) mass is 661 g/mol. The number of rotatable bonds is 3. The summed E-state index contributed by atoms with van der Waals surface area (Å²) in [6, 6.07) is 0. The Hall–Kier alpha value is 0.110. The first-order valence-electron chi connectivity index (χ1n) is 5.76. The van der Waals surface area contributed by atoms with Gasteiger partial charge in [-0.25, -0.2) is 0 Å². The normalized spacial score (nSPS) is 10.1. The van der Waals surface area contributed by atoms with Gasteiger partial charge in [0.15, 0.2) is 0 Å². The molecule has 22 heavy (non-hydrogen) atoms.